The summed E-state index contributed by atoms with van der Waals surface area (Å²) in [6.45, 7) is 1.95. The van der Waals surface area contributed by atoms with Gasteiger partial charge in [0.05, 0.1) is 11.3 Å². The molecule has 76 valence electrons. The minimum atomic E-state index is 0.473. The van der Waals surface area contributed by atoms with Gasteiger partial charge < -0.3 is 0 Å². The number of carbonyl (C=O) groups is 1. The Morgan fingerprint density at radius 1 is 1.40 bits per heavy atom. The third kappa shape index (κ3) is 1.76. The molecular weight excluding hydrogens is 192 g/mol. The maximum Gasteiger partial charge on any atom is 0.250 e. The molecule has 0 aliphatic heterocycles. The first-order valence-electron chi connectivity index (χ1n) is 4.66. The topological polar surface area (TPSA) is 60.7 Å². The van der Waals surface area contributed by atoms with Crippen LogP contribution in [0.5, 0.6) is 0 Å². The molecule has 0 spiro atoms. The van der Waals surface area contributed by atoms with Crippen LogP contribution in [-0.2, 0) is 6.42 Å². The van der Waals surface area contributed by atoms with Crippen LogP contribution in [0.4, 0.5) is 0 Å². The molecule has 2 aromatic rings. The van der Waals surface area contributed by atoms with Crippen molar-refractivity contribution in [3.05, 3.63) is 35.9 Å². The van der Waals surface area contributed by atoms with Gasteiger partial charge in [-0.2, -0.15) is 5.10 Å². The van der Waals surface area contributed by atoms with Gasteiger partial charge in [-0.1, -0.05) is 6.92 Å². The van der Waals surface area contributed by atoms with Gasteiger partial charge in [-0.25, -0.2) is 14.6 Å². The summed E-state index contributed by atoms with van der Waals surface area (Å²) in [4.78, 5) is 18.8. The van der Waals surface area contributed by atoms with Crippen molar-refractivity contribution >= 4 is 6.29 Å². The second-order valence-corrected chi connectivity index (χ2v) is 3.00. The van der Waals surface area contributed by atoms with Gasteiger partial charge in [-0.3, -0.25) is 4.79 Å². The summed E-state index contributed by atoms with van der Waals surface area (Å²) in [5.41, 5.74) is 1.35. The maximum atomic E-state index is 10.7. The molecule has 0 saturated carbocycles. The molecule has 0 aliphatic rings. The Labute approximate surface area is 86.8 Å². The summed E-state index contributed by atoms with van der Waals surface area (Å²) in [6, 6.07) is 1.73. The van der Waals surface area contributed by atoms with Crippen LogP contribution in [0.2, 0.25) is 0 Å². The Hall–Kier alpha value is -2.04. The summed E-state index contributed by atoms with van der Waals surface area (Å²) >= 11 is 0. The van der Waals surface area contributed by atoms with Crippen LogP contribution in [0.25, 0.3) is 5.95 Å². The van der Waals surface area contributed by atoms with Crippen molar-refractivity contribution in [1.29, 1.82) is 0 Å². The molecule has 0 atom stereocenters. The normalized spacial score (nSPS) is 10.2. The van der Waals surface area contributed by atoms with E-state index in [0.29, 0.717) is 17.9 Å². The van der Waals surface area contributed by atoms with Gasteiger partial charge in [0.15, 0.2) is 6.29 Å². The van der Waals surface area contributed by atoms with Crippen LogP contribution in [0.15, 0.2) is 24.7 Å². The van der Waals surface area contributed by atoms with E-state index in [-0.39, 0.29) is 0 Å². The maximum absolute atomic E-state index is 10.7. The van der Waals surface area contributed by atoms with Crippen LogP contribution in [-0.4, -0.2) is 26.0 Å². The van der Waals surface area contributed by atoms with Crippen molar-refractivity contribution in [1.82, 2.24) is 19.7 Å². The molecule has 5 heteroatoms. The van der Waals surface area contributed by atoms with Crippen molar-refractivity contribution in [2.45, 2.75) is 13.3 Å². The quantitative estimate of drug-likeness (QED) is 0.697. The Morgan fingerprint density at radius 2 is 2.13 bits per heavy atom. The van der Waals surface area contributed by atoms with E-state index in [1.54, 1.807) is 24.7 Å². The minimum absolute atomic E-state index is 0.473. The lowest BCUT2D eigenvalue weighted by atomic mass is 10.2. The Balaban J connectivity index is 2.46. The third-order valence-electron chi connectivity index (χ3n) is 2.04. The van der Waals surface area contributed by atoms with Crippen molar-refractivity contribution in [3.63, 3.8) is 0 Å². The summed E-state index contributed by atoms with van der Waals surface area (Å²) in [5, 5.41) is 4.23. The fourth-order valence-electron chi connectivity index (χ4n) is 1.31. The highest BCUT2D eigenvalue weighted by atomic mass is 16.1. The van der Waals surface area contributed by atoms with Gasteiger partial charge in [-0.05, 0) is 12.5 Å². The van der Waals surface area contributed by atoms with E-state index in [1.165, 1.54) is 4.68 Å². The van der Waals surface area contributed by atoms with Crippen molar-refractivity contribution in [2.75, 3.05) is 0 Å². The predicted octanol–water partition coefficient (Wildman–Crippen LogP) is 1.04. The SMILES string of the molecule is CCc1nn(-c2ncccn2)cc1C=O. The van der Waals surface area contributed by atoms with Gasteiger partial charge in [0.2, 0.25) is 5.95 Å². The molecule has 0 aliphatic carbocycles. The number of aldehydes is 1. The molecule has 0 unspecified atom stereocenters. The van der Waals surface area contributed by atoms with E-state index < -0.39 is 0 Å². The molecule has 2 heterocycles. The first-order valence-corrected chi connectivity index (χ1v) is 4.66. The lowest BCUT2D eigenvalue weighted by Crippen LogP contribution is -2.00. The zero-order valence-corrected chi connectivity index (χ0v) is 8.29. The van der Waals surface area contributed by atoms with Crippen LogP contribution in [0.1, 0.15) is 23.0 Å². The Kier molecular flexibility index (Phi) is 2.53. The van der Waals surface area contributed by atoms with Crippen LogP contribution < -0.4 is 0 Å². The number of aromatic nitrogens is 4. The number of hydrogen-bond donors (Lipinski definition) is 0. The number of aryl methyl sites for hydroxylation is 1. The van der Waals surface area contributed by atoms with Crippen molar-refractivity contribution in [3.8, 4) is 5.95 Å². The highest BCUT2D eigenvalue weighted by molar-refractivity contribution is 5.76. The van der Waals surface area contributed by atoms with Crippen LogP contribution in [0, 0.1) is 0 Å². The number of hydrogen-bond acceptors (Lipinski definition) is 4. The van der Waals surface area contributed by atoms with Crippen molar-refractivity contribution in [2.24, 2.45) is 0 Å². The number of rotatable bonds is 3. The van der Waals surface area contributed by atoms with E-state index in [0.717, 1.165) is 12.0 Å². The molecular formula is C10H10N4O. The minimum Gasteiger partial charge on any atom is -0.298 e. The van der Waals surface area contributed by atoms with Crippen LogP contribution >= 0.6 is 0 Å². The summed E-state index contributed by atoms with van der Waals surface area (Å²) in [6.07, 6.45) is 6.42. The molecule has 0 amide bonds. The molecule has 0 N–H and O–H groups in total. The fraction of sp³-hybridized carbons (Fsp3) is 0.200. The molecule has 0 radical (unpaired) electrons. The van der Waals surface area contributed by atoms with Gasteiger partial charge in [0.25, 0.3) is 0 Å². The highest BCUT2D eigenvalue weighted by Gasteiger charge is 2.08. The molecule has 2 aromatic heterocycles. The molecule has 2 rings (SSSR count). The lowest BCUT2D eigenvalue weighted by Gasteiger charge is -1.95. The summed E-state index contributed by atoms with van der Waals surface area (Å²) in [7, 11) is 0. The monoisotopic (exact) mass is 202 g/mol. The first-order chi connectivity index (χ1) is 7.35. The number of nitrogens with zero attached hydrogens (tertiary/aromatic N) is 4. The van der Waals surface area contributed by atoms with E-state index in [4.69, 9.17) is 0 Å². The molecule has 5 nitrogen and oxygen atoms in total. The second-order valence-electron chi connectivity index (χ2n) is 3.00. The van der Waals surface area contributed by atoms with Crippen molar-refractivity contribution < 1.29 is 4.79 Å². The molecule has 0 saturated heterocycles. The molecule has 0 aromatic carbocycles. The highest BCUT2D eigenvalue weighted by Crippen LogP contribution is 2.07. The molecule has 0 fully saturated rings. The first kappa shape index (κ1) is 9.51. The van der Waals surface area contributed by atoms with Gasteiger partial charge >= 0.3 is 0 Å². The smallest absolute Gasteiger partial charge is 0.250 e. The average molecular weight is 202 g/mol. The van der Waals surface area contributed by atoms with Gasteiger partial charge in [-0.15, -0.1) is 0 Å². The predicted molar refractivity (Wildman–Crippen MR) is 53.9 cm³/mol. The van der Waals surface area contributed by atoms with Crippen LogP contribution in [0.3, 0.4) is 0 Å². The van der Waals surface area contributed by atoms with Gasteiger partial charge in [0, 0.05) is 18.6 Å². The lowest BCUT2D eigenvalue weighted by molar-refractivity contribution is 0.112. The zero-order chi connectivity index (χ0) is 10.7. The zero-order valence-electron chi connectivity index (χ0n) is 8.29. The molecule has 0 bridgehead atoms. The summed E-state index contributed by atoms with van der Waals surface area (Å²) in [5.74, 6) is 0.473. The van der Waals surface area contributed by atoms with E-state index in [9.17, 15) is 4.79 Å². The van der Waals surface area contributed by atoms with Gasteiger partial charge in [0.1, 0.15) is 0 Å². The average Bonchev–Trinajstić information content (AvgIpc) is 2.73. The fourth-order valence-corrected chi connectivity index (χ4v) is 1.31. The van der Waals surface area contributed by atoms with E-state index in [1.807, 2.05) is 6.92 Å². The largest absolute Gasteiger partial charge is 0.298 e. The van der Waals surface area contributed by atoms with E-state index >= 15 is 0 Å². The Morgan fingerprint density at radius 3 is 2.67 bits per heavy atom. The molecule has 15 heavy (non-hydrogen) atoms. The Bertz CT molecular complexity index is 464. The number of carbonyl (C=O) groups excluding carboxylic acids is 1. The van der Waals surface area contributed by atoms with E-state index in [2.05, 4.69) is 15.1 Å². The second kappa shape index (κ2) is 4.00. The summed E-state index contributed by atoms with van der Waals surface area (Å²) < 4.78 is 1.52. The third-order valence-corrected chi connectivity index (χ3v) is 2.04. The standard InChI is InChI=1S/C10H10N4O/c1-2-9-8(7-15)6-14(13-9)10-11-4-3-5-12-10/h3-7H,2H2,1H3.